The van der Waals surface area contributed by atoms with Gasteiger partial charge in [0.05, 0.1) is 12.8 Å². The van der Waals surface area contributed by atoms with Crippen LogP contribution in [0.2, 0.25) is 0 Å². The first-order chi connectivity index (χ1) is 12.2. The maximum atomic E-state index is 12.5. The first-order valence-electron chi connectivity index (χ1n) is 8.11. The van der Waals surface area contributed by atoms with Gasteiger partial charge in [-0.25, -0.2) is 0 Å². The Hall–Kier alpha value is -3.15. The molecule has 2 aromatic heterocycles. The van der Waals surface area contributed by atoms with Gasteiger partial charge in [-0.3, -0.25) is 14.5 Å². The molecule has 6 nitrogen and oxygen atoms in total. The lowest BCUT2D eigenvalue weighted by Crippen LogP contribution is -2.23. The van der Waals surface area contributed by atoms with Crippen molar-refractivity contribution in [1.82, 2.24) is 20.1 Å². The van der Waals surface area contributed by atoms with Gasteiger partial charge in [-0.1, -0.05) is 12.1 Å². The molecule has 0 bridgehead atoms. The Morgan fingerprint density at radius 3 is 2.68 bits per heavy atom. The molecule has 0 saturated heterocycles. The number of carbonyl (C=O) groups excluding carboxylic acids is 1. The molecule has 1 N–H and O–H groups in total. The number of rotatable bonds is 6. The molecule has 3 rings (SSSR count). The molecule has 0 unspecified atom stereocenters. The Morgan fingerprint density at radius 1 is 1.20 bits per heavy atom. The smallest absolute Gasteiger partial charge is 0.272 e. The summed E-state index contributed by atoms with van der Waals surface area (Å²) >= 11 is 0. The quantitative estimate of drug-likeness (QED) is 0.751. The van der Waals surface area contributed by atoms with Crippen LogP contribution in [0.3, 0.4) is 0 Å². The van der Waals surface area contributed by atoms with Gasteiger partial charge in [-0.2, -0.15) is 5.10 Å². The third kappa shape index (κ3) is 3.68. The fourth-order valence-corrected chi connectivity index (χ4v) is 2.62. The lowest BCUT2D eigenvalue weighted by Gasteiger charge is -2.09. The Labute approximate surface area is 146 Å². The summed E-state index contributed by atoms with van der Waals surface area (Å²) in [6.07, 6.45) is 3.40. The van der Waals surface area contributed by atoms with Crippen molar-refractivity contribution in [1.29, 1.82) is 0 Å². The highest BCUT2D eigenvalue weighted by atomic mass is 16.5. The van der Waals surface area contributed by atoms with Gasteiger partial charge in [-0.15, -0.1) is 0 Å². The van der Waals surface area contributed by atoms with Crippen molar-refractivity contribution in [2.24, 2.45) is 0 Å². The zero-order chi connectivity index (χ0) is 17.6. The van der Waals surface area contributed by atoms with E-state index in [1.165, 1.54) is 0 Å². The van der Waals surface area contributed by atoms with Gasteiger partial charge >= 0.3 is 0 Å². The molecule has 0 saturated carbocycles. The fraction of sp³-hybridized carbons (Fsp3) is 0.211. The molecule has 6 heteroatoms. The molecular weight excluding hydrogens is 316 g/mol. The summed E-state index contributed by atoms with van der Waals surface area (Å²) in [5.74, 6) is 0.543. The van der Waals surface area contributed by atoms with Crippen LogP contribution in [-0.4, -0.2) is 27.8 Å². The summed E-state index contributed by atoms with van der Waals surface area (Å²) in [7, 11) is 1.63. The zero-order valence-corrected chi connectivity index (χ0v) is 14.3. The summed E-state index contributed by atoms with van der Waals surface area (Å²) in [6, 6.07) is 13.2. The first-order valence-corrected chi connectivity index (χ1v) is 8.11. The molecule has 1 amide bonds. The zero-order valence-electron chi connectivity index (χ0n) is 14.3. The molecule has 0 atom stereocenters. The van der Waals surface area contributed by atoms with Crippen LogP contribution in [0.4, 0.5) is 0 Å². The predicted molar refractivity (Wildman–Crippen MR) is 95.3 cm³/mol. The Morgan fingerprint density at radius 2 is 1.96 bits per heavy atom. The van der Waals surface area contributed by atoms with E-state index in [4.69, 9.17) is 4.74 Å². The lowest BCUT2D eigenvalue weighted by molar-refractivity contribution is 0.0945. The van der Waals surface area contributed by atoms with Crippen molar-refractivity contribution < 1.29 is 9.53 Å². The minimum absolute atomic E-state index is 0.208. The number of carbonyl (C=O) groups is 1. The molecule has 0 fully saturated rings. The fourth-order valence-electron chi connectivity index (χ4n) is 2.62. The van der Waals surface area contributed by atoms with Gasteiger partial charge in [0.2, 0.25) is 0 Å². The summed E-state index contributed by atoms with van der Waals surface area (Å²) in [4.78, 5) is 16.4. The molecule has 0 radical (unpaired) electrons. The van der Waals surface area contributed by atoms with E-state index < -0.39 is 0 Å². The highest BCUT2D eigenvalue weighted by Crippen LogP contribution is 2.30. The van der Waals surface area contributed by atoms with E-state index in [1.54, 1.807) is 30.3 Å². The van der Waals surface area contributed by atoms with Gasteiger partial charge in [0.15, 0.2) is 5.69 Å². The van der Waals surface area contributed by atoms with Crippen molar-refractivity contribution in [3.05, 3.63) is 66.1 Å². The Kier molecular flexibility index (Phi) is 5.09. The molecule has 0 aliphatic rings. The summed E-state index contributed by atoms with van der Waals surface area (Å²) in [5.41, 5.74) is 3.14. The molecule has 2 heterocycles. The standard InChI is InChI=1S/C19H20N4O2/c1-3-23-17(15-6-4-5-7-18(15)25-2)12-16(22-23)19(24)21-13-14-8-10-20-11-9-14/h4-12H,3,13H2,1-2H3,(H,21,24). The van der Waals surface area contributed by atoms with Gasteiger partial charge in [-0.05, 0) is 42.8 Å². The van der Waals surface area contributed by atoms with Crippen LogP contribution >= 0.6 is 0 Å². The minimum atomic E-state index is -0.208. The van der Waals surface area contributed by atoms with Gasteiger partial charge < -0.3 is 10.1 Å². The van der Waals surface area contributed by atoms with Crippen LogP contribution in [0.15, 0.2) is 54.9 Å². The molecule has 0 aliphatic heterocycles. The van der Waals surface area contributed by atoms with E-state index in [-0.39, 0.29) is 5.91 Å². The van der Waals surface area contributed by atoms with E-state index >= 15 is 0 Å². The number of pyridine rings is 1. The molecular formula is C19H20N4O2. The maximum Gasteiger partial charge on any atom is 0.272 e. The van der Waals surface area contributed by atoms with Crippen LogP contribution in [0.1, 0.15) is 23.0 Å². The molecule has 128 valence electrons. The van der Waals surface area contributed by atoms with Crippen LogP contribution in [0.5, 0.6) is 5.75 Å². The van der Waals surface area contributed by atoms with Crippen molar-refractivity contribution in [3.63, 3.8) is 0 Å². The van der Waals surface area contributed by atoms with Crippen LogP contribution < -0.4 is 10.1 Å². The number of ether oxygens (including phenoxy) is 1. The predicted octanol–water partition coefficient (Wildman–Crippen LogP) is 2.90. The second-order valence-corrected chi connectivity index (χ2v) is 5.47. The molecule has 3 aromatic rings. The number of aryl methyl sites for hydroxylation is 1. The second kappa shape index (κ2) is 7.61. The summed E-state index contributed by atoms with van der Waals surface area (Å²) in [6.45, 7) is 3.08. The number of methoxy groups -OCH3 is 1. The number of nitrogens with zero attached hydrogens (tertiary/aromatic N) is 3. The van der Waals surface area contributed by atoms with Gasteiger partial charge in [0, 0.05) is 31.0 Å². The normalized spacial score (nSPS) is 10.5. The highest BCUT2D eigenvalue weighted by molar-refractivity contribution is 5.93. The number of aromatic nitrogens is 3. The third-order valence-electron chi connectivity index (χ3n) is 3.90. The number of para-hydroxylation sites is 1. The van der Waals surface area contributed by atoms with E-state index in [1.807, 2.05) is 43.3 Å². The van der Waals surface area contributed by atoms with Crippen LogP contribution in [0.25, 0.3) is 11.3 Å². The summed E-state index contributed by atoms with van der Waals surface area (Å²) in [5, 5.41) is 7.32. The first kappa shape index (κ1) is 16.7. The van der Waals surface area contributed by atoms with Gasteiger partial charge in [0.25, 0.3) is 5.91 Å². The third-order valence-corrected chi connectivity index (χ3v) is 3.90. The second-order valence-electron chi connectivity index (χ2n) is 5.47. The van der Waals surface area contributed by atoms with Crippen molar-refractivity contribution in [3.8, 4) is 17.0 Å². The van der Waals surface area contributed by atoms with E-state index in [0.29, 0.717) is 18.8 Å². The van der Waals surface area contributed by atoms with E-state index in [2.05, 4.69) is 15.4 Å². The average molecular weight is 336 g/mol. The minimum Gasteiger partial charge on any atom is -0.496 e. The highest BCUT2D eigenvalue weighted by Gasteiger charge is 2.17. The van der Waals surface area contributed by atoms with Gasteiger partial charge in [0.1, 0.15) is 5.75 Å². The molecule has 0 aliphatic carbocycles. The Bertz CT molecular complexity index is 859. The SMILES string of the molecule is CCn1nc(C(=O)NCc2ccncc2)cc1-c1ccccc1OC. The monoisotopic (exact) mass is 336 g/mol. The largest absolute Gasteiger partial charge is 0.496 e. The number of hydrogen-bond acceptors (Lipinski definition) is 4. The average Bonchev–Trinajstić information content (AvgIpc) is 3.11. The number of nitrogens with one attached hydrogen (secondary N) is 1. The number of amides is 1. The topological polar surface area (TPSA) is 69.0 Å². The van der Waals surface area contributed by atoms with E-state index in [0.717, 1.165) is 22.6 Å². The van der Waals surface area contributed by atoms with E-state index in [9.17, 15) is 4.79 Å². The van der Waals surface area contributed by atoms with Crippen LogP contribution in [0, 0.1) is 0 Å². The lowest BCUT2D eigenvalue weighted by atomic mass is 10.1. The Balaban J connectivity index is 1.84. The maximum absolute atomic E-state index is 12.5. The number of benzene rings is 1. The molecule has 25 heavy (non-hydrogen) atoms. The van der Waals surface area contributed by atoms with Crippen LogP contribution in [-0.2, 0) is 13.1 Å². The summed E-state index contributed by atoms with van der Waals surface area (Å²) < 4.78 is 7.23. The van der Waals surface area contributed by atoms with Crippen molar-refractivity contribution in [2.45, 2.75) is 20.0 Å². The number of hydrogen-bond donors (Lipinski definition) is 1. The van der Waals surface area contributed by atoms with Crippen molar-refractivity contribution in [2.75, 3.05) is 7.11 Å². The van der Waals surface area contributed by atoms with Crippen molar-refractivity contribution >= 4 is 5.91 Å². The molecule has 0 spiro atoms. The molecule has 1 aromatic carbocycles.